The first-order chi connectivity index (χ1) is 12.1. The van der Waals surface area contributed by atoms with Gasteiger partial charge in [-0.3, -0.25) is 4.79 Å². The normalized spacial score (nSPS) is 19.2. The summed E-state index contributed by atoms with van der Waals surface area (Å²) in [4.78, 5) is 14.9. The van der Waals surface area contributed by atoms with E-state index in [1.165, 1.54) is 25.9 Å². The van der Waals surface area contributed by atoms with E-state index in [0.717, 1.165) is 50.5 Å². The number of piperidine rings is 2. The zero-order chi connectivity index (χ0) is 17.6. The van der Waals surface area contributed by atoms with Crippen LogP contribution in [-0.4, -0.2) is 65.1 Å². The fourth-order valence-corrected chi connectivity index (χ4v) is 3.82. The average Bonchev–Trinajstić information content (AvgIpc) is 3.02. The highest BCUT2D eigenvalue weighted by Gasteiger charge is 2.22. The van der Waals surface area contributed by atoms with E-state index in [1.54, 1.807) is 0 Å². The second-order valence-corrected chi connectivity index (χ2v) is 7.58. The van der Waals surface area contributed by atoms with E-state index in [0.29, 0.717) is 18.3 Å². The van der Waals surface area contributed by atoms with Gasteiger partial charge in [-0.2, -0.15) is 0 Å². The maximum absolute atomic E-state index is 12.4. The summed E-state index contributed by atoms with van der Waals surface area (Å²) < 4.78 is 1.94. The maximum Gasteiger partial charge on any atom is 0.273 e. The molecule has 0 unspecified atom stereocenters. The monoisotopic (exact) mass is 420 g/mol. The van der Waals surface area contributed by atoms with Crippen LogP contribution in [0.4, 0.5) is 0 Å². The van der Waals surface area contributed by atoms with E-state index in [-0.39, 0.29) is 30.7 Å². The van der Waals surface area contributed by atoms with Crippen molar-refractivity contribution >= 4 is 30.7 Å². The predicted octanol–water partition coefficient (Wildman–Crippen LogP) is 2.21. The highest BCUT2D eigenvalue weighted by atomic mass is 35.5. The number of nitrogens with one attached hydrogen (secondary N) is 2. The van der Waals surface area contributed by atoms with Crippen LogP contribution in [0.15, 0.2) is 0 Å². The van der Waals surface area contributed by atoms with Gasteiger partial charge in [-0.25, -0.2) is 4.68 Å². The molecule has 0 spiro atoms. The van der Waals surface area contributed by atoms with Crippen molar-refractivity contribution < 1.29 is 4.79 Å². The topological polar surface area (TPSA) is 75.1 Å². The van der Waals surface area contributed by atoms with Crippen molar-refractivity contribution in [1.82, 2.24) is 30.5 Å². The van der Waals surface area contributed by atoms with Crippen molar-refractivity contribution in [3.63, 3.8) is 0 Å². The minimum absolute atomic E-state index is 0. The lowest BCUT2D eigenvalue weighted by Gasteiger charge is -2.30. The molecule has 0 bridgehead atoms. The van der Waals surface area contributed by atoms with Gasteiger partial charge in [-0.15, -0.1) is 29.9 Å². The second kappa shape index (κ2) is 11.8. The molecule has 7 nitrogen and oxygen atoms in total. The van der Waals surface area contributed by atoms with Crippen LogP contribution < -0.4 is 10.6 Å². The molecule has 0 radical (unpaired) electrons. The molecule has 1 aromatic rings. The summed E-state index contributed by atoms with van der Waals surface area (Å²) in [7, 11) is 0. The molecule has 2 N–H and O–H groups in total. The van der Waals surface area contributed by atoms with Crippen LogP contribution in [0.2, 0.25) is 0 Å². The average molecular weight is 421 g/mol. The summed E-state index contributed by atoms with van der Waals surface area (Å²) in [5.41, 5.74) is 1.36. The fraction of sp³-hybridized carbons (Fsp3) is 0.833. The number of hydrogen-bond donors (Lipinski definition) is 2. The number of likely N-dealkylation sites (tertiary alicyclic amines) is 1. The largest absolute Gasteiger partial charge is 0.351 e. The molecule has 2 aliphatic heterocycles. The van der Waals surface area contributed by atoms with Crippen molar-refractivity contribution in [1.29, 1.82) is 0 Å². The van der Waals surface area contributed by atoms with E-state index in [2.05, 4.69) is 32.8 Å². The van der Waals surface area contributed by atoms with E-state index in [4.69, 9.17) is 0 Å². The molecular formula is C18H34Cl2N6O. The van der Waals surface area contributed by atoms with Crippen molar-refractivity contribution in [3.8, 4) is 0 Å². The summed E-state index contributed by atoms with van der Waals surface area (Å²) in [5, 5.41) is 14.7. The minimum Gasteiger partial charge on any atom is -0.351 e. The third kappa shape index (κ3) is 6.59. The Balaban J connectivity index is 0.00000182. The lowest BCUT2D eigenvalue weighted by molar-refractivity contribution is 0.0945. The summed E-state index contributed by atoms with van der Waals surface area (Å²) in [6.07, 6.45) is 5.66. The molecule has 1 amide bonds. The molecule has 3 heterocycles. The Morgan fingerprint density at radius 3 is 2.52 bits per heavy atom. The third-order valence-corrected chi connectivity index (χ3v) is 5.61. The first-order valence-corrected chi connectivity index (χ1v) is 9.78. The zero-order valence-corrected chi connectivity index (χ0v) is 18.1. The number of aromatic nitrogens is 3. The van der Waals surface area contributed by atoms with Gasteiger partial charge < -0.3 is 15.5 Å². The summed E-state index contributed by atoms with van der Waals surface area (Å²) >= 11 is 0. The molecule has 0 aromatic carbocycles. The van der Waals surface area contributed by atoms with Crippen LogP contribution in [0.3, 0.4) is 0 Å². The number of rotatable bonds is 6. The summed E-state index contributed by atoms with van der Waals surface area (Å²) in [6.45, 7) is 10.4. The van der Waals surface area contributed by atoms with Gasteiger partial charge in [-0.05, 0) is 77.7 Å². The molecule has 0 aliphatic carbocycles. The second-order valence-electron chi connectivity index (χ2n) is 7.58. The van der Waals surface area contributed by atoms with Crippen LogP contribution in [0.5, 0.6) is 0 Å². The molecule has 9 heteroatoms. The molecule has 27 heavy (non-hydrogen) atoms. The van der Waals surface area contributed by atoms with Crippen molar-refractivity contribution in [2.45, 2.75) is 52.0 Å². The van der Waals surface area contributed by atoms with E-state index >= 15 is 0 Å². The first kappa shape index (κ1) is 24.1. The molecule has 0 saturated carbocycles. The number of amides is 1. The van der Waals surface area contributed by atoms with Crippen LogP contribution in [0, 0.1) is 12.8 Å². The van der Waals surface area contributed by atoms with Gasteiger partial charge in [0.05, 0.1) is 11.7 Å². The van der Waals surface area contributed by atoms with Gasteiger partial charge >= 0.3 is 0 Å². The number of hydrogen-bond acceptors (Lipinski definition) is 5. The summed E-state index contributed by atoms with van der Waals surface area (Å²) in [6, 6.07) is 0.358. The molecule has 2 fully saturated rings. The number of carbonyl (C=O) groups excluding carboxylic acids is 1. The maximum atomic E-state index is 12.4. The Bertz CT molecular complexity index is 568. The third-order valence-electron chi connectivity index (χ3n) is 5.61. The number of carbonyl (C=O) groups is 1. The van der Waals surface area contributed by atoms with Gasteiger partial charge in [0, 0.05) is 6.54 Å². The molecule has 156 valence electrons. The molecule has 3 rings (SSSR count). The van der Waals surface area contributed by atoms with Crippen LogP contribution >= 0.6 is 24.8 Å². The van der Waals surface area contributed by atoms with E-state index in [1.807, 2.05) is 11.6 Å². The highest BCUT2D eigenvalue weighted by molar-refractivity contribution is 5.93. The Kier molecular flexibility index (Phi) is 10.6. The van der Waals surface area contributed by atoms with Crippen molar-refractivity contribution in [2.75, 3.05) is 39.3 Å². The van der Waals surface area contributed by atoms with E-state index < -0.39 is 0 Å². The van der Waals surface area contributed by atoms with Gasteiger partial charge in [0.1, 0.15) is 0 Å². The number of halogens is 2. The molecule has 2 saturated heterocycles. The van der Waals surface area contributed by atoms with Gasteiger partial charge in [0.2, 0.25) is 0 Å². The number of nitrogens with zero attached hydrogens (tertiary/aromatic N) is 4. The van der Waals surface area contributed by atoms with Gasteiger partial charge in [-0.1, -0.05) is 12.1 Å². The minimum atomic E-state index is -0.0926. The van der Waals surface area contributed by atoms with E-state index in [9.17, 15) is 4.79 Å². The highest BCUT2D eigenvalue weighted by Crippen LogP contribution is 2.20. The van der Waals surface area contributed by atoms with Crippen LogP contribution in [0.25, 0.3) is 0 Å². The quantitative estimate of drug-likeness (QED) is 0.689. The Hall–Kier alpha value is -0.890. The summed E-state index contributed by atoms with van der Waals surface area (Å²) in [5.74, 6) is 0.770. The Morgan fingerprint density at radius 1 is 1.19 bits per heavy atom. The lowest BCUT2D eigenvalue weighted by Crippen LogP contribution is -2.35. The van der Waals surface area contributed by atoms with Crippen LogP contribution in [-0.2, 0) is 0 Å². The smallest absolute Gasteiger partial charge is 0.273 e. The predicted molar refractivity (Wildman–Crippen MR) is 112 cm³/mol. The van der Waals surface area contributed by atoms with Crippen LogP contribution in [0.1, 0.15) is 61.3 Å². The lowest BCUT2D eigenvalue weighted by atomic mass is 9.99. The molecular weight excluding hydrogens is 387 g/mol. The zero-order valence-electron chi connectivity index (χ0n) is 16.4. The standard InChI is InChI=1S/C18H32N6O.2ClH/c1-14-6-12-23(13-7-14)11-3-8-20-18(25)17-15(2)24(22-21-17)16-4-9-19-10-5-16;;/h14,16,19H,3-13H2,1-2H3,(H,20,25);2*1H. The molecule has 1 aromatic heterocycles. The Labute approximate surface area is 174 Å². The van der Waals surface area contributed by atoms with Gasteiger partial charge in [0.15, 0.2) is 5.69 Å². The molecule has 0 atom stereocenters. The van der Waals surface area contributed by atoms with Crippen molar-refractivity contribution in [2.24, 2.45) is 5.92 Å². The fourth-order valence-electron chi connectivity index (χ4n) is 3.82. The Morgan fingerprint density at radius 2 is 1.85 bits per heavy atom. The SMILES string of the molecule is Cc1c(C(=O)NCCCN2CCC(C)CC2)nnn1C1CCNCC1.Cl.Cl. The first-order valence-electron chi connectivity index (χ1n) is 9.78. The van der Waals surface area contributed by atoms with Gasteiger partial charge in [0.25, 0.3) is 5.91 Å². The van der Waals surface area contributed by atoms with Crippen molar-refractivity contribution in [3.05, 3.63) is 11.4 Å². The molecule has 2 aliphatic rings.